The first-order chi connectivity index (χ1) is 13.4. The zero-order valence-corrected chi connectivity index (χ0v) is 16.8. The molecule has 0 radical (unpaired) electrons. The van der Waals surface area contributed by atoms with Crippen molar-refractivity contribution in [3.63, 3.8) is 0 Å². The number of hydrogen-bond donors (Lipinski definition) is 2. The van der Waals surface area contributed by atoms with Gasteiger partial charge in [0, 0.05) is 4.88 Å². The Labute approximate surface area is 166 Å². The van der Waals surface area contributed by atoms with E-state index in [4.69, 9.17) is 0 Å². The maximum atomic E-state index is 12.5. The molecule has 0 spiro atoms. The van der Waals surface area contributed by atoms with Gasteiger partial charge in [0.25, 0.3) is 5.56 Å². The molecular weight excluding hydrogens is 374 g/mol. The lowest BCUT2D eigenvalue weighted by Gasteiger charge is -2.19. The molecule has 1 amide bonds. The molecule has 3 rings (SSSR count). The predicted octanol–water partition coefficient (Wildman–Crippen LogP) is 2.93. The number of likely N-dealkylation sites (N-methyl/N-ethyl adjacent to an activating group) is 1. The summed E-state index contributed by atoms with van der Waals surface area (Å²) in [6.45, 7) is 6.83. The summed E-state index contributed by atoms with van der Waals surface area (Å²) in [5.41, 5.74) is 1.85. The summed E-state index contributed by atoms with van der Waals surface area (Å²) in [4.78, 5) is 34.9. The lowest BCUT2D eigenvalue weighted by molar-refractivity contribution is -0.117. The van der Waals surface area contributed by atoms with Gasteiger partial charge >= 0.3 is 0 Å². The number of fused-ring (bicyclic) bond motifs is 1. The fraction of sp³-hybridized carbons (Fsp3) is 0.300. The number of H-pyrrole nitrogens is 1. The van der Waals surface area contributed by atoms with Crippen LogP contribution < -0.4 is 10.9 Å². The van der Waals surface area contributed by atoms with Gasteiger partial charge in [-0.2, -0.15) is 5.26 Å². The highest BCUT2D eigenvalue weighted by Crippen LogP contribution is 2.31. The van der Waals surface area contributed by atoms with Gasteiger partial charge in [-0.05, 0) is 38.1 Å². The van der Waals surface area contributed by atoms with Crippen LogP contribution in [0.25, 0.3) is 10.9 Å². The molecule has 0 aliphatic carbocycles. The van der Waals surface area contributed by atoms with Crippen molar-refractivity contribution in [1.82, 2.24) is 14.9 Å². The number of carbonyl (C=O) groups excluding carboxylic acids is 1. The molecule has 0 saturated carbocycles. The number of hydrogen-bond acceptors (Lipinski definition) is 6. The van der Waals surface area contributed by atoms with Crippen molar-refractivity contribution in [2.75, 3.05) is 18.4 Å². The van der Waals surface area contributed by atoms with Crippen LogP contribution in [0.4, 0.5) is 5.00 Å². The van der Waals surface area contributed by atoms with E-state index in [9.17, 15) is 14.9 Å². The second kappa shape index (κ2) is 8.33. The summed E-state index contributed by atoms with van der Waals surface area (Å²) in [6.07, 6.45) is 0. The Kier molecular flexibility index (Phi) is 5.87. The van der Waals surface area contributed by atoms with Gasteiger partial charge in [0.15, 0.2) is 0 Å². The molecule has 28 heavy (non-hydrogen) atoms. The predicted molar refractivity (Wildman–Crippen MR) is 110 cm³/mol. The number of benzene rings is 1. The summed E-state index contributed by atoms with van der Waals surface area (Å²) in [7, 11) is 0. The Bertz CT molecular complexity index is 1130. The zero-order valence-electron chi connectivity index (χ0n) is 16.0. The minimum absolute atomic E-state index is 0.133. The van der Waals surface area contributed by atoms with Crippen LogP contribution in [0.1, 0.15) is 28.8 Å². The SMILES string of the molecule is CCN(CC(=O)Nc1sc(C)c(C)c1C#N)Cc1nc2ccccc2c(=O)[nH]1. The lowest BCUT2D eigenvalue weighted by atomic mass is 10.2. The van der Waals surface area contributed by atoms with Crippen molar-refractivity contribution in [2.45, 2.75) is 27.3 Å². The fourth-order valence-electron chi connectivity index (χ4n) is 2.92. The number of rotatable bonds is 6. The third-order valence-electron chi connectivity index (χ3n) is 4.60. The number of nitrogens with zero attached hydrogens (tertiary/aromatic N) is 3. The van der Waals surface area contributed by atoms with Gasteiger partial charge in [0.1, 0.15) is 16.9 Å². The van der Waals surface area contributed by atoms with Crippen molar-refractivity contribution >= 4 is 33.1 Å². The first-order valence-corrected chi connectivity index (χ1v) is 9.74. The smallest absolute Gasteiger partial charge is 0.258 e. The first-order valence-electron chi connectivity index (χ1n) is 8.93. The molecule has 2 heterocycles. The van der Waals surface area contributed by atoms with Crippen molar-refractivity contribution in [3.05, 3.63) is 56.4 Å². The van der Waals surface area contributed by atoms with Gasteiger partial charge < -0.3 is 10.3 Å². The van der Waals surface area contributed by atoms with E-state index in [2.05, 4.69) is 21.4 Å². The highest BCUT2D eigenvalue weighted by Gasteiger charge is 2.17. The Balaban J connectivity index is 1.73. The van der Waals surface area contributed by atoms with Crippen LogP contribution in [0.3, 0.4) is 0 Å². The van der Waals surface area contributed by atoms with Gasteiger partial charge in [0.2, 0.25) is 5.91 Å². The third-order valence-corrected chi connectivity index (χ3v) is 5.72. The molecule has 0 saturated heterocycles. The molecule has 0 aliphatic heterocycles. The summed E-state index contributed by atoms with van der Waals surface area (Å²) in [6, 6.07) is 9.31. The number of amides is 1. The number of aromatic amines is 1. The van der Waals surface area contributed by atoms with Crippen molar-refractivity contribution in [2.24, 2.45) is 0 Å². The molecule has 0 unspecified atom stereocenters. The Hall–Kier alpha value is -3.02. The molecule has 7 nitrogen and oxygen atoms in total. The van der Waals surface area contributed by atoms with Crippen LogP contribution in [0.2, 0.25) is 0 Å². The highest BCUT2D eigenvalue weighted by atomic mass is 32.1. The number of aryl methyl sites for hydroxylation is 1. The van der Waals surface area contributed by atoms with E-state index in [0.717, 1.165) is 10.4 Å². The van der Waals surface area contributed by atoms with Gasteiger partial charge in [0.05, 0.1) is 29.6 Å². The lowest BCUT2D eigenvalue weighted by Crippen LogP contribution is -2.33. The monoisotopic (exact) mass is 395 g/mol. The molecule has 0 bridgehead atoms. The summed E-state index contributed by atoms with van der Waals surface area (Å²) >= 11 is 1.40. The zero-order chi connectivity index (χ0) is 20.3. The number of anilines is 1. The van der Waals surface area contributed by atoms with Crippen molar-refractivity contribution < 1.29 is 4.79 Å². The summed E-state index contributed by atoms with van der Waals surface area (Å²) in [5, 5.41) is 13.3. The standard InChI is InChI=1S/C20H21N5O2S/c1-4-25(10-17-22-16-8-6-5-7-14(16)19(27)23-17)11-18(26)24-20-15(9-21)12(2)13(3)28-20/h5-8H,4,10-11H2,1-3H3,(H,24,26)(H,22,23,27). The molecule has 3 aromatic rings. The summed E-state index contributed by atoms with van der Waals surface area (Å²) < 4.78 is 0. The number of carbonyl (C=O) groups is 1. The molecule has 2 aromatic heterocycles. The van der Waals surface area contributed by atoms with Gasteiger partial charge in [-0.15, -0.1) is 11.3 Å². The Morgan fingerprint density at radius 3 is 2.82 bits per heavy atom. The van der Waals surface area contributed by atoms with E-state index < -0.39 is 0 Å². The Morgan fingerprint density at radius 1 is 1.36 bits per heavy atom. The number of nitriles is 1. The van der Waals surface area contributed by atoms with Crippen molar-refractivity contribution in [1.29, 1.82) is 5.26 Å². The van der Waals surface area contributed by atoms with E-state index >= 15 is 0 Å². The average molecular weight is 395 g/mol. The maximum absolute atomic E-state index is 12.5. The van der Waals surface area contributed by atoms with E-state index in [-0.39, 0.29) is 18.0 Å². The highest BCUT2D eigenvalue weighted by molar-refractivity contribution is 7.16. The number of nitrogens with one attached hydrogen (secondary N) is 2. The molecular formula is C20H21N5O2S. The van der Waals surface area contributed by atoms with Crippen LogP contribution in [0.5, 0.6) is 0 Å². The fourth-order valence-corrected chi connectivity index (χ4v) is 3.95. The average Bonchev–Trinajstić information content (AvgIpc) is 2.93. The molecule has 144 valence electrons. The Morgan fingerprint density at radius 2 is 2.11 bits per heavy atom. The van der Waals surface area contributed by atoms with Gasteiger partial charge in [-0.3, -0.25) is 14.5 Å². The van der Waals surface area contributed by atoms with Crippen LogP contribution in [-0.2, 0) is 11.3 Å². The molecule has 0 atom stereocenters. The van der Waals surface area contributed by atoms with Crippen LogP contribution in [0, 0.1) is 25.2 Å². The van der Waals surface area contributed by atoms with E-state index in [1.165, 1.54) is 11.3 Å². The van der Waals surface area contributed by atoms with Gasteiger partial charge in [-0.25, -0.2) is 4.98 Å². The second-order valence-corrected chi connectivity index (χ2v) is 7.71. The van der Waals surface area contributed by atoms with E-state index in [0.29, 0.717) is 40.4 Å². The number of para-hydroxylation sites is 1. The van der Waals surface area contributed by atoms with Gasteiger partial charge in [-0.1, -0.05) is 19.1 Å². The molecule has 2 N–H and O–H groups in total. The maximum Gasteiger partial charge on any atom is 0.258 e. The minimum atomic E-state index is -0.206. The van der Waals surface area contributed by atoms with Crippen LogP contribution in [0.15, 0.2) is 29.1 Å². The van der Waals surface area contributed by atoms with Crippen LogP contribution >= 0.6 is 11.3 Å². The molecule has 0 aliphatic rings. The van der Waals surface area contributed by atoms with Crippen molar-refractivity contribution in [3.8, 4) is 6.07 Å². The summed E-state index contributed by atoms with van der Waals surface area (Å²) in [5.74, 6) is 0.307. The topological polar surface area (TPSA) is 102 Å². The number of aromatic nitrogens is 2. The van der Waals surface area contributed by atoms with E-state index in [1.807, 2.05) is 31.7 Å². The molecule has 1 aromatic carbocycles. The normalized spacial score (nSPS) is 11.0. The molecule has 0 fully saturated rings. The first kappa shape index (κ1) is 19.7. The minimum Gasteiger partial charge on any atom is -0.315 e. The van der Waals surface area contributed by atoms with Crippen LogP contribution in [-0.4, -0.2) is 33.9 Å². The third kappa shape index (κ3) is 4.11. The second-order valence-electron chi connectivity index (χ2n) is 6.48. The quantitative estimate of drug-likeness (QED) is 0.668. The molecule has 8 heteroatoms. The van der Waals surface area contributed by atoms with E-state index in [1.54, 1.807) is 18.2 Å². The largest absolute Gasteiger partial charge is 0.315 e. The number of thiophene rings is 1.